The molecule has 0 aromatic rings. The van der Waals surface area contributed by atoms with E-state index in [2.05, 4.69) is 185 Å². The Labute approximate surface area is 412 Å². The van der Waals surface area contributed by atoms with Crippen LogP contribution < -0.4 is 0 Å². The van der Waals surface area contributed by atoms with Crippen LogP contribution in [0.5, 0.6) is 0 Å². The zero-order valence-electron chi connectivity index (χ0n) is 47.2. The molecule has 3 saturated carbocycles. The van der Waals surface area contributed by atoms with Crippen LogP contribution in [0, 0.1) is 65.1 Å². The van der Waals surface area contributed by atoms with Gasteiger partial charge in [-0.2, -0.15) is 0 Å². The fraction of sp³-hybridized carbons (Fsp3) is 0.754. The monoisotopic (exact) mass is 899 g/mol. The summed E-state index contributed by atoms with van der Waals surface area (Å²) in [5.74, 6) is 9.51. The lowest BCUT2D eigenvalue weighted by atomic mass is 9.71. The molecule has 0 aliphatic heterocycles. The van der Waals surface area contributed by atoms with Crippen molar-refractivity contribution in [2.75, 3.05) is 0 Å². The molecule has 65 heavy (non-hydrogen) atoms. The summed E-state index contributed by atoms with van der Waals surface area (Å²) in [5, 5.41) is 0. The molecule has 0 heteroatoms. The molecule has 0 heterocycles. The van der Waals surface area contributed by atoms with Crippen LogP contribution in [0.25, 0.3) is 0 Å². The molecule has 3 aliphatic carbocycles. The third-order valence-corrected chi connectivity index (χ3v) is 14.1. The van der Waals surface area contributed by atoms with Gasteiger partial charge >= 0.3 is 0 Å². The van der Waals surface area contributed by atoms with Gasteiger partial charge in [-0.1, -0.05) is 192 Å². The smallest absolute Gasteiger partial charge is 0.0171 e. The molecular formula is C65H118. The molecule has 0 spiro atoms. The summed E-state index contributed by atoms with van der Waals surface area (Å²) in [6.07, 6.45) is 49.5. The van der Waals surface area contributed by atoms with Gasteiger partial charge in [0, 0.05) is 0 Å². The Balaban J connectivity index is 0. The SMILES string of the molecule is C=C1CCC2CC(CCC(C)C)CCC12.C=CC1CCC(C(C)C)CC1C=C.CC(C)=C/C=C/CC/C=C/CCC(C)C.CC/C=C(\C)CCC(C)C.CC/C=C(\C)CCCCC(C)C. The van der Waals surface area contributed by atoms with Crippen LogP contribution in [0.2, 0.25) is 0 Å². The maximum Gasteiger partial charge on any atom is -0.0171 e. The van der Waals surface area contributed by atoms with E-state index in [1.807, 2.05) is 0 Å². The second-order valence-corrected chi connectivity index (χ2v) is 23.0. The van der Waals surface area contributed by atoms with Crippen molar-refractivity contribution in [1.82, 2.24) is 0 Å². The molecular weight excluding hydrogens is 781 g/mol. The molecule has 0 N–H and O–H groups in total. The van der Waals surface area contributed by atoms with Crippen LogP contribution in [-0.4, -0.2) is 0 Å². The van der Waals surface area contributed by atoms with Crippen LogP contribution in [0.4, 0.5) is 0 Å². The fourth-order valence-electron chi connectivity index (χ4n) is 9.63. The van der Waals surface area contributed by atoms with Gasteiger partial charge in [0.05, 0.1) is 0 Å². The third-order valence-electron chi connectivity index (χ3n) is 14.1. The number of hydrogen-bond acceptors (Lipinski definition) is 0. The van der Waals surface area contributed by atoms with Crippen LogP contribution in [0.3, 0.4) is 0 Å². The summed E-state index contributed by atoms with van der Waals surface area (Å²) in [5.41, 5.74) is 6.05. The van der Waals surface area contributed by atoms with Crippen molar-refractivity contribution >= 4 is 0 Å². The molecule has 3 aliphatic rings. The minimum Gasteiger partial charge on any atom is -0.103 e. The van der Waals surface area contributed by atoms with Gasteiger partial charge in [-0.25, -0.2) is 0 Å². The lowest BCUT2D eigenvalue weighted by Crippen LogP contribution is -2.24. The molecule has 6 atom stereocenters. The molecule has 0 radical (unpaired) electrons. The minimum atomic E-state index is 0.679. The maximum absolute atomic E-state index is 4.24. The molecule has 0 bridgehead atoms. The molecule has 0 amide bonds. The summed E-state index contributed by atoms with van der Waals surface area (Å²) in [6, 6.07) is 0. The zero-order valence-corrected chi connectivity index (χ0v) is 47.2. The minimum absolute atomic E-state index is 0.679. The van der Waals surface area contributed by atoms with Crippen LogP contribution in [-0.2, 0) is 0 Å². The molecule has 3 rings (SSSR count). The highest BCUT2D eigenvalue weighted by atomic mass is 14.4. The van der Waals surface area contributed by atoms with Crippen LogP contribution in [0.1, 0.15) is 252 Å². The predicted molar refractivity (Wildman–Crippen MR) is 303 cm³/mol. The van der Waals surface area contributed by atoms with Crippen molar-refractivity contribution < 1.29 is 0 Å². The van der Waals surface area contributed by atoms with Crippen molar-refractivity contribution in [1.29, 1.82) is 0 Å². The van der Waals surface area contributed by atoms with Crippen LogP contribution in [0.15, 0.2) is 96.7 Å². The Kier molecular flexibility index (Phi) is 42.1. The highest BCUT2D eigenvalue weighted by Gasteiger charge is 2.35. The Bertz CT molecular complexity index is 1300. The standard InChI is InChI=1S/2C15H26.C13H22.C12H24.C10H20/c1-11(2)4-6-13-7-9-15-12(3)5-8-14(15)10-13;1-14(2)12-10-8-6-5-7-9-11-13-15(3)4;1-5-11-7-8-13(10(3)4)9-12(11)6-2;1-5-8-12(4)10-7-6-9-11(2)3;1-5-6-10(4)8-7-9(2)3/h11,13-15H,3-10H2,1-2H3;6,8-9,11,13-14H,5,7,10,12H2,1-4H3;5-6,10-13H,1-2,7-9H2,3-4H3;8,11H,5-7,9-10H2,1-4H3;6,9H,5,7-8H2,1-4H3/b;8-6+,11-9+;;12-8+;10-6+. The van der Waals surface area contributed by atoms with Gasteiger partial charge in [-0.3, -0.25) is 0 Å². The molecule has 3 fully saturated rings. The van der Waals surface area contributed by atoms with Gasteiger partial charge in [0.1, 0.15) is 0 Å². The summed E-state index contributed by atoms with van der Waals surface area (Å²) < 4.78 is 0. The van der Waals surface area contributed by atoms with Gasteiger partial charge in [0.2, 0.25) is 0 Å². The first kappa shape index (κ1) is 65.0. The van der Waals surface area contributed by atoms with Crippen molar-refractivity contribution in [3.05, 3.63) is 96.7 Å². The first-order valence-electron chi connectivity index (χ1n) is 28.0. The fourth-order valence-corrected chi connectivity index (χ4v) is 9.63. The Morgan fingerprint density at radius 2 is 1.15 bits per heavy atom. The number of unbranched alkanes of at least 4 members (excludes halogenated alkanes) is 2. The lowest BCUT2D eigenvalue weighted by molar-refractivity contribution is 0.204. The van der Waals surface area contributed by atoms with E-state index in [-0.39, 0.29) is 0 Å². The van der Waals surface area contributed by atoms with E-state index in [9.17, 15) is 0 Å². The summed E-state index contributed by atoms with van der Waals surface area (Å²) in [4.78, 5) is 0. The highest BCUT2D eigenvalue weighted by molar-refractivity contribution is 5.11. The molecule has 6 unspecified atom stereocenters. The van der Waals surface area contributed by atoms with E-state index in [1.54, 1.807) is 16.7 Å². The second-order valence-electron chi connectivity index (χ2n) is 23.0. The van der Waals surface area contributed by atoms with Gasteiger partial charge in [-0.05, 0) is 208 Å². The topological polar surface area (TPSA) is 0 Å². The van der Waals surface area contributed by atoms with E-state index in [4.69, 9.17) is 0 Å². The van der Waals surface area contributed by atoms with Crippen molar-refractivity contribution in [3.8, 4) is 0 Å². The molecule has 0 aromatic carbocycles. The van der Waals surface area contributed by atoms with E-state index in [1.165, 1.54) is 140 Å². The number of fused-ring (bicyclic) bond motifs is 1. The normalized spacial score (nSPS) is 22.2. The summed E-state index contributed by atoms with van der Waals surface area (Å²) >= 11 is 0. The highest BCUT2D eigenvalue weighted by Crippen LogP contribution is 2.47. The quantitative estimate of drug-likeness (QED) is 0.0545. The van der Waals surface area contributed by atoms with E-state index in [0.717, 1.165) is 59.7 Å². The van der Waals surface area contributed by atoms with Crippen LogP contribution >= 0.6 is 0 Å². The summed E-state index contributed by atoms with van der Waals surface area (Å²) in [7, 11) is 0. The predicted octanol–water partition coefficient (Wildman–Crippen LogP) is 22.5. The molecule has 0 nitrogen and oxygen atoms in total. The van der Waals surface area contributed by atoms with Crippen molar-refractivity contribution in [2.24, 2.45) is 65.1 Å². The number of rotatable bonds is 23. The first-order chi connectivity index (χ1) is 30.8. The molecule has 378 valence electrons. The van der Waals surface area contributed by atoms with Gasteiger partial charge in [0.25, 0.3) is 0 Å². The average Bonchev–Trinajstić information content (AvgIpc) is 3.62. The van der Waals surface area contributed by atoms with Crippen molar-refractivity contribution in [2.45, 2.75) is 252 Å². The van der Waals surface area contributed by atoms with E-state index in [0.29, 0.717) is 11.8 Å². The van der Waals surface area contributed by atoms with Gasteiger partial charge in [-0.15, -0.1) is 13.2 Å². The Morgan fingerprint density at radius 3 is 1.69 bits per heavy atom. The van der Waals surface area contributed by atoms with E-state index >= 15 is 0 Å². The zero-order chi connectivity index (χ0) is 49.6. The van der Waals surface area contributed by atoms with Crippen molar-refractivity contribution in [3.63, 3.8) is 0 Å². The summed E-state index contributed by atoms with van der Waals surface area (Å²) in [6.45, 7) is 48.3. The third kappa shape index (κ3) is 38.6. The number of hydrogen-bond donors (Lipinski definition) is 0. The first-order valence-corrected chi connectivity index (χ1v) is 28.0. The number of allylic oxidation sites excluding steroid dienone is 13. The Hall–Kier alpha value is -2.08. The largest absolute Gasteiger partial charge is 0.103 e. The average molecular weight is 900 g/mol. The molecule has 0 saturated heterocycles. The van der Waals surface area contributed by atoms with E-state index < -0.39 is 0 Å². The lowest BCUT2D eigenvalue weighted by Gasteiger charge is -2.34. The maximum atomic E-state index is 4.24. The molecule has 0 aromatic heterocycles. The second kappa shape index (κ2) is 42.1. The van der Waals surface area contributed by atoms with Gasteiger partial charge < -0.3 is 0 Å². The Morgan fingerprint density at radius 1 is 0.585 bits per heavy atom. The van der Waals surface area contributed by atoms with Gasteiger partial charge in [0.15, 0.2) is 0 Å².